The quantitative estimate of drug-likeness (QED) is 0.921. The number of nitrogens with zero attached hydrogens (tertiary/aromatic N) is 4. The molecule has 0 fully saturated rings. The van der Waals surface area contributed by atoms with Crippen LogP contribution < -0.4 is 5.32 Å². The summed E-state index contributed by atoms with van der Waals surface area (Å²) in [6.45, 7) is 10.9. The fourth-order valence-corrected chi connectivity index (χ4v) is 2.02. The zero-order valence-electron chi connectivity index (χ0n) is 13.2. The lowest BCUT2D eigenvalue weighted by atomic mass is 10.2. The maximum atomic E-state index is 6.10. The molecule has 0 saturated carbocycles. The van der Waals surface area contributed by atoms with Gasteiger partial charge in [-0.2, -0.15) is 5.10 Å². The molecule has 0 saturated heterocycles. The Kier molecular flexibility index (Phi) is 4.96. The Hall–Kier alpha value is -1.46. The van der Waals surface area contributed by atoms with Crippen LogP contribution in [0, 0.1) is 6.92 Å². The molecule has 0 aromatic carbocycles. The summed E-state index contributed by atoms with van der Waals surface area (Å²) in [5.74, 6) is 1.13. The summed E-state index contributed by atoms with van der Waals surface area (Å²) >= 11 is 6.10. The molecule has 2 aromatic heterocycles. The third kappa shape index (κ3) is 3.80. The molecule has 0 radical (unpaired) electrons. The van der Waals surface area contributed by atoms with Gasteiger partial charge >= 0.3 is 0 Å². The van der Waals surface area contributed by atoms with E-state index in [0.29, 0.717) is 23.5 Å². The van der Waals surface area contributed by atoms with E-state index in [4.69, 9.17) is 11.6 Å². The Morgan fingerprint density at radius 3 is 2.52 bits per heavy atom. The summed E-state index contributed by atoms with van der Waals surface area (Å²) < 4.78 is 1.75. The van der Waals surface area contributed by atoms with Gasteiger partial charge in [-0.15, -0.1) is 0 Å². The highest BCUT2D eigenvalue weighted by Gasteiger charge is 2.13. The van der Waals surface area contributed by atoms with Gasteiger partial charge in [0.1, 0.15) is 11.5 Å². The fraction of sp³-hybridized carbons (Fsp3) is 0.533. The van der Waals surface area contributed by atoms with E-state index < -0.39 is 0 Å². The van der Waals surface area contributed by atoms with E-state index in [1.165, 1.54) is 0 Å². The molecule has 0 atom stereocenters. The van der Waals surface area contributed by atoms with Gasteiger partial charge in [0.25, 0.3) is 0 Å². The first-order chi connectivity index (χ1) is 9.88. The zero-order chi connectivity index (χ0) is 15.6. The maximum absolute atomic E-state index is 6.10. The first-order valence-corrected chi connectivity index (χ1v) is 7.57. The highest BCUT2D eigenvalue weighted by atomic mass is 35.5. The predicted molar refractivity (Wildman–Crippen MR) is 85.0 cm³/mol. The standard InChI is InChI=1S/C15H22ClN5/c1-9(2)15-18-7-14(13(19-15)6-17-10(3)4)21-8-12(16)11(5)20-21/h7-10,17H,6H2,1-5H3. The highest BCUT2D eigenvalue weighted by Crippen LogP contribution is 2.19. The fourth-order valence-electron chi connectivity index (χ4n) is 1.89. The Balaban J connectivity index is 2.43. The number of aryl methyl sites for hydroxylation is 1. The first kappa shape index (κ1) is 15.9. The Morgan fingerprint density at radius 1 is 1.29 bits per heavy atom. The average molecular weight is 308 g/mol. The summed E-state index contributed by atoms with van der Waals surface area (Å²) in [6, 6.07) is 0.387. The number of nitrogens with one attached hydrogen (secondary N) is 1. The average Bonchev–Trinajstić information content (AvgIpc) is 2.75. The Morgan fingerprint density at radius 2 is 2.00 bits per heavy atom. The monoisotopic (exact) mass is 307 g/mol. The van der Waals surface area contributed by atoms with E-state index in [2.05, 4.69) is 48.1 Å². The van der Waals surface area contributed by atoms with Crippen LogP contribution in [-0.4, -0.2) is 25.8 Å². The molecule has 2 rings (SSSR count). The van der Waals surface area contributed by atoms with Crippen LogP contribution in [0.15, 0.2) is 12.4 Å². The van der Waals surface area contributed by atoms with Gasteiger partial charge in [0.2, 0.25) is 0 Å². The molecule has 0 amide bonds. The van der Waals surface area contributed by atoms with Crippen LogP contribution in [0.1, 0.15) is 50.8 Å². The molecular weight excluding hydrogens is 286 g/mol. The number of hydrogen-bond donors (Lipinski definition) is 1. The molecular formula is C15H22ClN5. The summed E-state index contributed by atoms with van der Waals surface area (Å²) in [5.41, 5.74) is 2.59. The van der Waals surface area contributed by atoms with E-state index in [9.17, 15) is 0 Å². The minimum Gasteiger partial charge on any atom is -0.309 e. The Labute approximate surface area is 130 Å². The van der Waals surface area contributed by atoms with Crippen molar-refractivity contribution in [2.24, 2.45) is 0 Å². The molecule has 5 nitrogen and oxygen atoms in total. The molecule has 1 N–H and O–H groups in total. The third-order valence-corrected chi connectivity index (χ3v) is 3.52. The predicted octanol–water partition coefficient (Wildman–Crippen LogP) is 3.25. The second kappa shape index (κ2) is 6.54. The minimum absolute atomic E-state index is 0.291. The van der Waals surface area contributed by atoms with Crippen LogP contribution in [0.4, 0.5) is 0 Å². The number of rotatable bonds is 5. The lowest BCUT2D eigenvalue weighted by Crippen LogP contribution is -2.24. The van der Waals surface area contributed by atoms with Crippen molar-refractivity contribution in [2.75, 3.05) is 0 Å². The molecule has 6 heteroatoms. The van der Waals surface area contributed by atoms with Gasteiger partial charge in [-0.1, -0.05) is 39.3 Å². The number of halogens is 1. The normalized spacial score (nSPS) is 11.6. The largest absolute Gasteiger partial charge is 0.309 e. The molecule has 0 aliphatic carbocycles. The van der Waals surface area contributed by atoms with Crippen LogP contribution in [-0.2, 0) is 6.54 Å². The van der Waals surface area contributed by atoms with Gasteiger partial charge in [0.15, 0.2) is 0 Å². The lowest BCUT2D eigenvalue weighted by molar-refractivity contribution is 0.573. The van der Waals surface area contributed by atoms with Crippen LogP contribution in [0.25, 0.3) is 5.69 Å². The molecule has 2 heterocycles. The van der Waals surface area contributed by atoms with Crippen LogP contribution in [0.5, 0.6) is 0 Å². The van der Waals surface area contributed by atoms with Crippen molar-refractivity contribution in [1.82, 2.24) is 25.1 Å². The van der Waals surface area contributed by atoms with Crippen molar-refractivity contribution in [2.45, 2.75) is 53.1 Å². The van der Waals surface area contributed by atoms with Crippen molar-refractivity contribution >= 4 is 11.6 Å². The SMILES string of the molecule is Cc1nn(-c2cnc(C(C)C)nc2CNC(C)C)cc1Cl. The minimum atomic E-state index is 0.291. The van der Waals surface area contributed by atoms with Crippen molar-refractivity contribution in [3.05, 3.63) is 34.6 Å². The number of aromatic nitrogens is 4. The molecule has 114 valence electrons. The van der Waals surface area contributed by atoms with Crippen molar-refractivity contribution in [1.29, 1.82) is 0 Å². The Bertz CT molecular complexity index is 599. The van der Waals surface area contributed by atoms with Gasteiger partial charge in [-0.25, -0.2) is 14.6 Å². The molecule has 21 heavy (non-hydrogen) atoms. The van der Waals surface area contributed by atoms with E-state index in [-0.39, 0.29) is 0 Å². The van der Waals surface area contributed by atoms with Gasteiger partial charge in [-0.05, 0) is 6.92 Å². The lowest BCUT2D eigenvalue weighted by Gasteiger charge is -2.14. The van der Waals surface area contributed by atoms with Gasteiger partial charge in [0.05, 0.1) is 22.6 Å². The van der Waals surface area contributed by atoms with Gasteiger partial charge in [0, 0.05) is 24.7 Å². The van der Waals surface area contributed by atoms with E-state index in [1.54, 1.807) is 10.9 Å². The van der Waals surface area contributed by atoms with Gasteiger partial charge in [-0.3, -0.25) is 0 Å². The van der Waals surface area contributed by atoms with E-state index >= 15 is 0 Å². The summed E-state index contributed by atoms with van der Waals surface area (Å²) in [4.78, 5) is 9.12. The summed E-state index contributed by atoms with van der Waals surface area (Å²) in [6.07, 6.45) is 3.62. The van der Waals surface area contributed by atoms with Crippen LogP contribution >= 0.6 is 11.6 Å². The molecule has 0 bridgehead atoms. The summed E-state index contributed by atoms with van der Waals surface area (Å²) in [5, 5.41) is 8.46. The van der Waals surface area contributed by atoms with E-state index in [0.717, 1.165) is 22.9 Å². The van der Waals surface area contributed by atoms with Crippen LogP contribution in [0.2, 0.25) is 5.02 Å². The number of hydrogen-bond acceptors (Lipinski definition) is 4. The molecule has 0 unspecified atom stereocenters. The first-order valence-electron chi connectivity index (χ1n) is 7.19. The topological polar surface area (TPSA) is 55.6 Å². The zero-order valence-corrected chi connectivity index (χ0v) is 13.9. The third-order valence-electron chi connectivity index (χ3n) is 3.14. The van der Waals surface area contributed by atoms with Gasteiger partial charge < -0.3 is 5.32 Å². The van der Waals surface area contributed by atoms with Crippen molar-refractivity contribution < 1.29 is 0 Å². The van der Waals surface area contributed by atoms with E-state index in [1.807, 2.05) is 13.1 Å². The maximum Gasteiger partial charge on any atom is 0.131 e. The molecule has 0 spiro atoms. The highest BCUT2D eigenvalue weighted by molar-refractivity contribution is 6.31. The summed E-state index contributed by atoms with van der Waals surface area (Å²) in [7, 11) is 0. The molecule has 2 aromatic rings. The van der Waals surface area contributed by atoms with Crippen molar-refractivity contribution in [3.8, 4) is 5.69 Å². The molecule has 0 aliphatic heterocycles. The second-order valence-electron chi connectivity index (χ2n) is 5.76. The van der Waals surface area contributed by atoms with Crippen molar-refractivity contribution in [3.63, 3.8) is 0 Å². The van der Waals surface area contributed by atoms with Crippen LogP contribution in [0.3, 0.4) is 0 Å². The smallest absolute Gasteiger partial charge is 0.131 e. The second-order valence-corrected chi connectivity index (χ2v) is 6.16. The molecule has 0 aliphatic rings.